The van der Waals surface area contributed by atoms with Crippen molar-refractivity contribution in [2.24, 2.45) is 5.92 Å². The third kappa shape index (κ3) is 5.42. The fraction of sp³-hybridized carbons (Fsp3) is 0.533. The molecule has 0 N–H and O–H groups in total. The molecule has 0 saturated carbocycles. The third-order valence-corrected chi connectivity index (χ3v) is 3.45. The minimum absolute atomic E-state index is 0.0735. The number of esters is 1. The summed E-state index contributed by atoms with van der Waals surface area (Å²) in [6, 6.07) is 5.39. The molecule has 0 radical (unpaired) electrons. The quantitative estimate of drug-likeness (QED) is 0.685. The lowest BCUT2D eigenvalue weighted by Gasteiger charge is -2.17. The van der Waals surface area contributed by atoms with E-state index in [4.69, 9.17) is 27.9 Å². The third-order valence-electron chi connectivity index (χ3n) is 2.89. The van der Waals surface area contributed by atoms with Crippen LogP contribution in [0.1, 0.15) is 45.1 Å². The number of halogens is 2. The van der Waals surface area contributed by atoms with E-state index in [0.29, 0.717) is 29.0 Å². The lowest BCUT2D eigenvalue weighted by Crippen LogP contribution is -2.13. The van der Waals surface area contributed by atoms with Crippen LogP contribution in [0.15, 0.2) is 18.2 Å². The Hall–Kier alpha value is -0.730. The number of hydrogen-bond acceptors (Lipinski definition) is 2. The van der Waals surface area contributed by atoms with Gasteiger partial charge < -0.3 is 4.74 Å². The van der Waals surface area contributed by atoms with Crippen LogP contribution in [0, 0.1) is 5.92 Å². The zero-order chi connectivity index (χ0) is 14.4. The summed E-state index contributed by atoms with van der Waals surface area (Å²) in [5.74, 6) is 0.249. The number of carbonyl (C=O) groups is 1. The van der Waals surface area contributed by atoms with Crippen molar-refractivity contribution in [3.63, 3.8) is 0 Å². The monoisotopic (exact) mass is 302 g/mol. The molecule has 0 aliphatic heterocycles. The van der Waals surface area contributed by atoms with Crippen LogP contribution in [0.25, 0.3) is 0 Å². The molecule has 19 heavy (non-hydrogen) atoms. The average molecular weight is 303 g/mol. The molecule has 1 aromatic rings. The van der Waals surface area contributed by atoms with Crippen LogP contribution in [0.3, 0.4) is 0 Å². The van der Waals surface area contributed by atoms with Gasteiger partial charge >= 0.3 is 5.97 Å². The predicted octanol–water partition coefficient (Wildman–Crippen LogP) is 5.08. The molecule has 0 aliphatic rings. The van der Waals surface area contributed by atoms with Gasteiger partial charge in [-0.2, -0.15) is 0 Å². The van der Waals surface area contributed by atoms with Gasteiger partial charge in [0.25, 0.3) is 0 Å². The normalized spacial score (nSPS) is 12.5. The first-order valence-electron chi connectivity index (χ1n) is 6.54. The van der Waals surface area contributed by atoms with Crippen molar-refractivity contribution in [2.75, 3.05) is 6.61 Å². The van der Waals surface area contributed by atoms with Crippen LogP contribution in [0.2, 0.25) is 10.0 Å². The van der Waals surface area contributed by atoms with Gasteiger partial charge in [-0.25, -0.2) is 0 Å². The smallest absolute Gasteiger partial charge is 0.306 e. The molecule has 0 aliphatic carbocycles. The van der Waals surface area contributed by atoms with Crippen molar-refractivity contribution in [3.05, 3.63) is 33.8 Å². The highest BCUT2D eigenvalue weighted by Gasteiger charge is 2.18. The van der Waals surface area contributed by atoms with Gasteiger partial charge in [-0.15, -0.1) is 0 Å². The Morgan fingerprint density at radius 2 is 2.00 bits per heavy atom. The number of benzene rings is 1. The van der Waals surface area contributed by atoms with Crippen molar-refractivity contribution in [1.82, 2.24) is 0 Å². The molecule has 0 heterocycles. The first-order chi connectivity index (χ1) is 8.93. The van der Waals surface area contributed by atoms with E-state index >= 15 is 0 Å². The van der Waals surface area contributed by atoms with Gasteiger partial charge in [0.15, 0.2) is 0 Å². The topological polar surface area (TPSA) is 26.3 Å². The zero-order valence-electron chi connectivity index (χ0n) is 11.6. The van der Waals surface area contributed by atoms with E-state index < -0.39 is 0 Å². The molecular weight excluding hydrogens is 283 g/mol. The minimum atomic E-state index is -0.174. The number of hydrogen-bond donors (Lipinski definition) is 0. The first-order valence-corrected chi connectivity index (χ1v) is 7.30. The van der Waals surface area contributed by atoms with Gasteiger partial charge in [0, 0.05) is 10.0 Å². The largest absolute Gasteiger partial charge is 0.465 e. The van der Waals surface area contributed by atoms with Gasteiger partial charge in [0.05, 0.1) is 13.0 Å². The van der Waals surface area contributed by atoms with Crippen molar-refractivity contribution >= 4 is 29.2 Å². The molecule has 1 atom stereocenters. The fourth-order valence-electron chi connectivity index (χ4n) is 1.83. The van der Waals surface area contributed by atoms with E-state index in [1.165, 1.54) is 0 Å². The van der Waals surface area contributed by atoms with Crippen LogP contribution in [0.4, 0.5) is 0 Å². The maximum Gasteiger partial charge on any atom is 0.306 e. The molecule has 1 rings (SSSR count). The molecule has 0 fully saturated rings. The summed E-state index contributed by atoms with van der Waals surface area (Å²) in [6.45, 7) is 6.52. The highest BCUT2D eigenvalue weighted by molar-refractivity contribution is 6.35. The summed E-state index contributed by atoms with van der Waals surface area (Å²) in [5, 5.41) is 1.21. The summed E-state index contributed by atoms with van der Waals surface area (Å²) >= 11 is 12.1. The average Bonchev–Trinajstić information content (AvgIpc) is 2.34. The second-order valence-electron chi connectivity index (χ2n) is 5.05. The summed E-state index contributed by atoms with van der Waals surface area (Å²) < 4.78 is 5.21. The first kappa shape index (κ1) is 16.3. The van der Waals surface area contributed by atoms with Crippen molar-refractivity contribution in [2.45, 2.75) is 39.5 Å². The Balaban J connectivity index is 2.70. The van der Waals surface area contributed by atoms with Gasteiger partial charge in [0.1, 0.15) is 0 Å². The van der Waals surface area contributed by atoms with Crippen LogP contribution >= 0.6 is 23.2 Å². The maximum atomic E-state index is 11.8. The standard InChI is InChI=1S/C15H20Cl2O2/c1-4-11(7-15(18)19-9-10(2)3)13-6-5-12(16)8-14(13)17/h5-6,8,10-11H,4,7,9H2,1-3H3. The maximum absolute atomic E-state index is 11.8. The Morgan fingerprint density at radius 3 is 2.53 bits per heavy atom. The Labute approximate surface area is 125 Å². The number of ether oxygens (including phenoxy) is 1. The lowest BCUT2D eigenvalue weighted by molar-refractivity contribution is -0.145. The summed E-state index contributed by atoms with van der Waals surface area (Å²) in [5.41, 5.74) is 0.954. The lowest BCUT2D eigenvalue weighted by atomic mass is 9.93. The van der Waals surface area contributed by atoms with Gasteiger partial charge in [-0.1, -0.05) is 50.0 Å². The molecular formula is C15H20Cl2O2. The van der Waals surface area contributed by atoms with Crippen molar-refractivity contribution in [3.8, 4) is 0 Å². The molecule has 0 amide bonds. The Bertz CT molecular complexity index is 430. The van der Waals surface area contributed by atoms with E-state index in [-0.39, 0.29) is 11.9 Å². The van der Waals surface area contributed by atoms with Crippen LogP contribution in [-0.2, 0) is 9.53 Å². The number of carbonyl (C=O) groups excluding carboxylic acids is 1. The van der Waals surface area contributed by atoms with E-state index in [9.17, 15) is 4.79 Å². The zero-order valence-corrected chi connectivity index (χ0v) is 13.1. The Kier molecular flexibility index (Phi) is 6.67. The van der Waals surface area contributed by atoms with E-state index in [0.717, 1.165) is 12.0 Å². The molecule has 106 valence electrons. The van der Waals surface area contributed by atoms with Gasteiger partial charge in [-0.05, 0) is 36.0 Å². The molecule has 0 aromatic heterocycles. The fourth-order valence-corrected chi connectivity index (χ4v) is 2.39. The second-order valence-corrected chi connectivity index (χ2v) is 5.90. The molecule has 1 aromatic carbocycles. The van der Waals surface area contributed by atoms with Crippen LogP contribution in [-0.4, -0.2) is 12.6 Å². The number of rotatable bonds is 6. The molecule has 0 bridgehead atoms. The molecule has 2 nitrogen and oxygen atoms in total. The van der Waals surface area contributed by atoms with Crippen LogP contribution < -0.4 is 0 Å². The minimum Gasteiger partial charge on any atom is -0.465 e. The molecule has 1 unspecified atom stereocenters. The summed E-state index contributed by atoms with van der Waals surface area (Å²) in [7, 11) is 0. The molecule has 0 saturated heterocycles. The summed E-state index contributed by atoms with van der Waals surface area (Å²) in [6.07, 6.45) is 1.18. The van der Waals surface area contributed by atoms with Gasteiger partial charge in [0.2, 0.25) is 0 Å². The highest BCUT2D eigenvalue weighted by atomic mass is 35.5. The van der Waals surface area contributed by atoms with E-state index in [2.05, 4.69) is 0 Å². The Morgan fingerprint density at radius 1 is 1.32 bits per heavy atom. The molecule has 0 spiro atoms. The van der Waals surface area contributed by atoms with Crippen molar-refractivity contribution < 1.29 is 9.53 Å². The van der Waals surface area contributed by atoms with Crippen molar-refractivity contribution in [1.29, 1.82) is 0 Å². The van der Waals surface area contributed by atoms with Gasteiger partial charge in [-0.3, -0.25) is 4.79 Å². The van der Waals surface area contributed by atoms with Crippen LogP contribution in [0.5, 0.6) is 0 Å². The van der Waals surface area contributed by atoms with E-state index in [1.54, 1.807) is 12.1 Å². The van der Waals surface area contributed by atoms with E-state index in [1.807, 2.05) is 26.8 Å². The predicted molar refractivity (Wildman–Crippen MR) is 79.9 cm³/mol. The summed E-state index contributed by atoms with van der Waals surface area (Å²) in [4.78, 5) is 11.8. The highest BCUT2D eigenvalue weighted by Crippen LogP contribution is 2.31. The molecule has 4 heteroatoms. The second kappa shape index (κ2) is 7.76. The SMILES string of the molecule is CCC(CC(=O)OCC(C)C)c1ccc(Cl)cc1Cl.